The molecule has 0 bridgehead atoms. The minimum absolute atomic E-state index is 0.0577. The average Bonchev–Trinajstić information content (AvgIpc) is 2.72. The number of likely N-dealkylation sites (N-methyl/N-ethyl adjacent to an activating group) is 1. The monoisotopic (exact) mass is 319 g/mol. The first-order chi connectivity index (χ1) is 10.9. The molecule has 4 amide bonds. The van der Waals surface area contributed by atoms with Crippen molar-refractivity contribution in [2.45, 2.75) is 19.0 Å². The highest BCUT2D eigenvalue weighted by Gasteiger charge is 2.48. The van der Waals surface area contributed by atoms with Crippen LogP contribution in [0.1, 0.15) is 12.5 Å². The van der Waals surface area contributed by atoms with E-state index in [1.165, 1.54) is 12.0 Å². The lowest BCUT2D eigenvalue weighted by Gasteiger charge is -2.22. The molecule has 2 rings (SSSR count). The number of amides is 4. The van der Waals surface area contributed by atoms with Crippen LogP contribution in [0.4, 0.5) is 4.79 Å². The average molecular weight is 319 g/mol. The van der Waals surface area contributed by atoms with Crippen LogP contribution in [0.3, 0.4) is 0 Å². The fourth-order valence-corrected chi connectivity index (χ4v) is 2.48. The van der Waals surface area contributed by atoms with Crippen molar-refractivity contribution in [1.29, 1.82) is 0 Å². The van der Waals surface area contributed by atoms with Crippen molar-refractivity contribution in [2.24, 2.45) is 0 Å². The molecular weight excluding hydrogens is 298 g/mol. The molecule has 1 aliphatic rings. The van der Waals surface area contributed by atoms with Crippen LogP contribution in [-0.2, 0) is 20.9 Å². The molecule has 1 aromatic carbocycles. The maximum atomic E-state index is 12.3. The van der Waals surface area contributed by atoms with Gasteiger partial charge in [-0.2, -0.15) is 0 Å². The Morgan fingerprint density at radius 3 is 2.57 bits per heavy atom. The number of urea groups is 1. The van der Waals surface area contributed by atoms with Crippen LogP contribution in [0.2, 0.25) is 0 Å². The predicted molar refractivity (Wildman–Crippen MR) is 83.4 cm³/mol. The van der Waals surface area contributed by atoms with Gasteiger partial charge in [0.2, 0.25) is 5.91 Å². The second kappa shape index (κ2) is 6.78. The number of ether oxygens (including phenoxy) is 1. The standard InChI is InChI=1S/C16H21N3O4/c1-16(11-23-3)14(21)19(15(22)17-16)10-13(20)18(2)9-12-7-5-4-6-8-12/h4-8H,9-11H2,1-3H3,(H,17,22)/t16-/m0/s1. The first-order valence-electron chi connectivity index (χ1n) is 7.28. The van der Waals surface area contributed by atoms with E-state index in [4.69, 9.17) is 4.74 Å². The highest BCUT2D eigenvalue weighted by atomic mass is 16.5. The molecule has 1 aliphatic heterocycles. The molecule has 1 atom stereocenters. The fourth-order valence-electron chi connectivity index (χ4n) is 2.48. The SMILES string of the molecule is COC[C@]1(C)NC(=O)N(CC(=O)N(C)Cc2ccccc2)C1=O. The Morgan fingerprint density at radius 1 is 1.30 bits per heavy atom. The molecule has 1 aromatic rings. The highest BCUT2D eigenvalue weighted by molar-refractivity contribution is 6.08. The second-order valence-corrected chi connectivity index (χ2v) is 5.82. The topological polar surface area (TPSA) is 79.0 Å². The zero-order valence-corrected chi connectivity index (χ0v) is 13.5. The summed E-state index contributed by atoms with van der Waals surface area (Å²) in [5.41, 5.74) is -0.144. The number of nitrogens with zero attached hydrogens (tertiary/aromatic N) is 2. The van der Waals surface area contributed by atoms with Gasteiger partial charge in [-0.25, -0.2) is 4.79 Å². The lowest BCUT2D eigenvalue weighted by Crippen LogP contribution is -2.48. The number of hydrogen-bond acceptors (Lipinski definition) is 4. The third kappa shape index (κ3) is 3.68. The number of methoxy groups -OCH3 is 1. The molecule has 7 heteroatoms. The number of imide groups is 1. The molecule has 0 aliphatic carbocycles. The van der Waals surface area contributed by atoms with E-state index in [2.05, 4.69) is 5.32 Å². The Kier molecular flexibility index (Phi) is 5.00. The molecular formula is C16H21N3O4. The molecule has 23 heavy (non-hydrogen) atoms. The molecule has 0 spiro atoms. The van der Waals surface area contributed by atoms with Crippen LogP contribution >= 0.6 is 0 Å². The van der Waals surface area contributed by atoms with Crippen LogP contribution in [0.25, 0.3) is 0 Å². The molecule has 1 heterocycles. The van der Waals surface area contributed by atoms with Crippen LogP contribution in [-0.4, -0.2) is 60.5 Å². The summed E-state index contributed by atoms with van der Waals surface area (Å²) in [4.78, 5) is 39.0. The number of hydrogen-bond donors (Lipinski definition) is 1. The van der Waals surface area contributed by atoms with E-state index < -0.39 is 17.5 Å². The lowest BCUT2D eigenvalue weighted by atomic mass is 10.0. The Morgan fingerprint density at radius 2 is 1.96 bits per heavy atom. The van der Waals surface area contributed by atoms with Gasteiger partial charge in [0.05, 0.1) is 6.61 Å². The Bertz CT molecular complexity index is 605. The van der Waals surface area contributed by atoms with Crippen LogP contribution in [0.15, 0.2) is 30.3 Å². The summed E-state index contributed by atoms with van der Waals surface area (Å²) < 4.78 is 4.97. The normalized spacial score (nSPS) is 20.6. The van der Waals surface area contributed by atoms with E-state index in [-0.39, 0.29) is 19.1 Å². The van der Waals surface area contributed by atoms with E-state index in [0.29, 0.717) is 6.54 Å². The summed E-state index contributed by atoms with van der Waals surface area (Å²) >= 11 is 0. The van der Waals surface area contributed by atoms with E-state index in [1.807, 2.05) is 30.3 Å². The number of benzene rings is 1. The van der Waals surface area contributed by atoms with E-state index in [0.717, 1.165) is 10.5 Å². The summed E-state index contributed by atoms with van der Waals surface area (Å²) in [5.74, 6) is -0.759. The summed E-state index contributed by atoms with van der Waals surface area (Å²) in [7, 11) is 3.09. The highest BCUT2D eigenvalue weighted by Crippen LogP contribution is 2.18. The van der Waals surface area contributed by atoms with Crippen LogP contribution < -0.4 is 5.32 Å². The minimum atomic E-state index is -1.12. The smallest absolute Gasteiger partial charge is 0.325 e. The molecule has 0 radical (unpaired) electrons. The number of rotatable bonds is 6. The molecule has 1 fully saturated rings. The Labute approximate surface area is 135 Å². The van der Waals surface area contributed by atoms with Gasteiger partial charge in [-0.3, -0.25) is 14.5 Å². The Balaban J connectivity index is 1.99. The quantitative estimate of drug-likeness (QED) is 0.779. The summed E-state index contributed by atoms with van der Waals surface area (Å²) in [6.45, 7) is 1.77. The predicted octanol–water partition coefficient (Wildman–Crippen LogP) is 0.602. The van der Waals surface area contributed by atoms with Gasteiger partial charge in [0.25, 0.3) is 5.91 Å². The largest absolute Gasteiger partial charge is 0.382 e. The molecule has 0 unspecified atom stereocenters. The van der Waals surface area contributed by atoms with Gasteiger partial charge in [-0.1, -0.05) is 30.3 Å². The van der Waals surface area contributed by atoms with Gasteiger partial charge in [0, 0.05) is 20.7 Å². The van der Waals surface area contributed by atoms with Crippen molar-refractivity contribution < 1.29 is 19.1 Å². The van der Waals surface area contributed by atoms with Crippen molar-refractivity contribution in [3.8, 4) is 0 Å². The van der Waals surface area contributed by atoms with Crippen molar-refractivity contribution in [2.75, 3.05) is 27.3 Å². The Hall–Kier alpha value is -2.41. The molecule has 1 N–H and O–H groups in total. The second-order valence-electron chi connectivity index (χ2n) is 5.82. The summed E-state index contributed by atoms with van der Waals surface area (Å²) in [5, 5.41) is 2.57. The minimum Gasteiger partial charge on any atom is -0.382 e. The third-order valence-corrected chi connectivity index (χ3v) is 3.76. The number of carbonyl (C=O) groups excluding carboxylic acids is 3. The van der Waals surface area contributed by atoms with Gasteiger partial charge in [0.15, 0.2) is 0 Å². The molecule has 0 saturated carbocycles. The third-order valence-electron chi connectivity index (χ3n) is 3.76. The van der Waals surface area contributed by atoms with E-state index in [9.17, 15) is 14.4 Å². The molecule has 1 saturated heterocycles. The number of carbonyl (C=O) groups is 3. The zero-order chi connectivity index (χ0) is 17.0. The molecule has 124 valence electrons. The first kappa shape index (κ1) is 17.0. The summed E-state index contributed by atoms with van der Waals surface area (Å²) in [6, 6.07) is 8.92. The summed E-state index contributed by atoms with van der Waals surface area (Å²) in [6.07, 6.45) is 0. The van der Waals surface area contributed by atoms with Crippen LogP contribution in [0, 0.1) is 0 Å². The first-order valence-corrected chi connectivity index (χ1v) is 7.28. The van der Waals surface area contributed by atoms with Crippen LogP contribution in [0.5, 0.6) is 0 Å². The van der Waals surface area contributed by atoms with E-state index in [1.54, 1.807) is 14.0 Å². The van der Waals surface area contributed by atoms with E-state index >= 15 is 0 Å². The number of nitrogens with one attached hydrogen (secondary N) is 1. The maximum absolute atomic E-state index is 12.3. The zero-order valence-electron chi connectivity index (χ0n) is 13.5. The van der Waals surface area contributed by atoms with Crippen molar-refractivity contribution in [3.05, 3.63) is 35.9 Å². The maximum Gasteiger partial charge on any atom is 0.325 e. The van der Waals surface area contributed by atoms with Gasteiger partial charge in [-0.15, -0.1) is 0 Å². The van der Waals surface area contributed by atoms with Gasteiger partial charge >= 0.3 is 6.03 Å². The van der Waals surface area contributed by atoms with Crippen molar-refractivity contribution >= 4 is 17.8 Å². The molecule has 7 nitrogen and oxygen atoms in total. The fraction of sp³-hybridized carbons (Fsp3) is 0.438. The van der Waals surface area contributed by atoms with Crippen molar-refractivity contribution in [1.82, 2.24) is 15.1 Å². The van der Waals surface area contributed by atoms with Crippen molar-refractivity contribution in [3.63, 3.8) is 0 Å². The van der Waals surface area contributed by atoms with Gasteiger partial charge < -0.3 is 15.0 Å². The van der Waals surface area contributed by atoms with Gasteiger partial charge in [0.1, 0.15) is 12.1 Å². The lowest BCUT2D eigenvalue weighted by molar-refractivity contribution is -0.139. The molecule has 0 aromatic heterocycles. The van der Waals surface area contributed by atoms with Gasteiger partial charge in [-0.05, 0) is 12.5 Å².